The summed E-state index contributed by atoms with van der Waals surface area (Å²) in [6.45, 7) is 0.947. The van der Waals surface area contributed by atoms with Crippen molar-refractivity contribution in [2.45, 2.75) is 139 Å². The fourth-order valence-electron chi connectivity index (χ4n) is 6.91. The van der Waals surface area contributed by atoms with Gasteiger partial charge in [0.15, 0.2) is 36.3 Å². The van der Waals surface area contributed by atoms with Crippen LogP contribution in [0.25, 0.3) is 0 Å². The lowest BCUT2D eigenvalue weighted by Crippen LogP contribution is -2.61. The molecule has 0 aromatic heterocycles. The second kappa shape index (κ2) is 27.8. The zero-order valence-electron chi connectivity index (χ0n) is 35.8. The highest BCUT2D eigenvalue weighted by Crippen LogP contribution is 2.28. The van der Waals surface area contributed by atoms with E-state index in [1.54, 1.807) is 0 Å². The molecule has 0 saturated carbocycles. The lowest BCUT2D eigenvalue weighted by Gasteiger charge is -2.39. The molecule has 0 aromatic carbocycles. The number of nitrogens with zero attached hydrogens (tertiary/aromatic N) is 2. The van der Waals surface area contributed by atoms with Gasteiger partial charge in [-0.1, -0.05) is 51.4 Å². The van der Waals surface area contributed by atoms with Crippen LogP contribution >= 0.6 is 0 Å². The van der Waals surface area contributed by atoms with Crippen LogP contribution in [0.15, 0.2) is 33.7 Å². The molecule has 18 N–H and O–H groups in total. The van der Waals surface area contributed by atoms with Gasteiger partial charge in [-0.05, 0) is 25.0 Å². The lowest BCUT2D eigenvalue weighted by molar-refractivity contribution is -0.147. The quantitative estimate of drug-likeness (QED) is 0.0219. The van der Waals surface area contributed by atoms with Crippen molar-refractivity contribution in [2.75, 3.05) is 26.3 Å². The Bertz CT molecular complexity index is 1570. The zero-order chi connectivity index (χ0) is 47.9. The van der Waals surface area contributed by atoms with E-state index in [4.69, 9.17) is 41.9 Å². The van der Waals surface area contributed by atoms with E-state index < -0.39 is 133 Å². The van der Waals surface area contributed by atoms with Crippen LogP contribution in [-0.4, -0.2) is 166 Å². The van der Waals surface area contributed by atoms with Crippen LogP contribution in [0.1, 0.15) is 78.1 Å². The van der Waals surface area contributed by atoms with Crippen molar-refractivity contribution in [1.29, 1.82) is 0 Å². The molecule has 0 bridgehead atoms. The van der Waals surface area contributed by atoms with Gasteiger partial charge in [-0.15, -0.1) is 0 Å². The van der Waals surface area contributed by atoms with E-state index in [2.05, 4.69) is 31.3 Å². The molecule has 10 atom stereocenters. The van der Waals surface area contributed by atoms with Crippen LogP contribution in [-0.2, 0) is 38.1 Å². The Kier molecular flexibility index (Phi) is 23.5. The van der Waals surface area contributed by atoms with Gasteiger partial charge in [-0.25, -0.2) is 29.2 Å². The predicted molar refractivity (Wildman–Crippen MR) is 224 cm³/mol. The molecule has 26 nitrogen and oxygen atoms in total. The van der Waals surface area contributed by atoms with Gasteiger partial charge in [-0.3, -0.25) is 9.59 Å². The standard InChI is InChI=1S/C38H64N10O16/c1-19(51)45-27-21(47-35(39)40)15-25(33(55)56)61-31(27)29(23(53)17-49)63-37(59)43-13-11-9-7-5-3-4-6-8-10-12-14-44-38(60)64-30(24(54)18-50)32-28(46-20(2)52)22(48-36(41)42)16-26(62-32)34(57)58/h15-16,21-24,27-32,49-50,53-54H,3-14,17-18H2,1-2H3,(H,43,59)(H,44,60)(H,45,51)(H,46,52)(H,55,56)(H,57,58)(H4,39,40,47)(H4,41,42,48)/t21-,22-,23+,24+,27+,28+,29+,30+,31+,32+/m0/s1. The monoisotopic (exact) mass is 916 g/mol. The number of alkyl carbamates (subject to hydrolysis) is 2. The lowest BCUT2D eigenvalue weighted by atomic mass is 9.92. The van der Waals surface area contributed by atoms with E-state index in [-0.39, 0.29) is 13.1 Å². The summed E-state index contributed by atoms with van der Waals surface area (Å²) in [6.07, 6.45) is -1.41. The highest BCUT2D eigenvalue weighted by molar-refractivity contribution is 5.86. The van der Waals surface area contributed by atoms with Crippen molar-refractivity contribution < 1.29 is 78.4 Å². The molecule has 26 heteroatoms. The number of carboxylic acids is 2. The number of guanidine groups is 2. The Morgan fingerprint density at radius 3 is 1.19 bits per heavy atom. The number of aliphatic hydroxyl groups is 4. The minimum absolute atomic E-state index is 0.206. The molecule has 2 heterocycles. The average Bonchev–Trinajstić information content (AvgIpc) is 3.21. The molecule has 0 fully saturated rings. The topological polar surface area (TPSA) is 438 Å². The highest BCUT2D eigenvalue weighted by atomic mass is 16.6. The highest BCUT2D eigenvalue weighted by Gasteiger charge is 2.48. The van der Waals surface area contributed by atoms with Gasteiger partial charge in [-0.2, -0.15) is 0 Å². The number of ether oxygens (including phenoxy) is 4. The van der Waals surface area contributed by atoms with Crippen molar-refractivity contribution in [3.8, 4) is 0 Å². The minimum Gasteiger partial charge on any atom is -0.477 e. The molecule has 0 spiro atoms. The van der Waals surface area contributed by atoms with E-state index in [1.165, 1.54) is 13.8 Å². The molecule has 4 amide bonds. The number of carbonyl (C=O) groups excluding carboxylic acids is 4. The number of hydrogen-bond acceptors (Lipinski definition) is 16. The molecular weight excluding hydrogens is 852 g/mol. The van der Waals surface area contributed by atoms with Gasteiger partial charge >= 0.3 is 24.1 Å². The van der Waals surface area contributed by atoms with Crippen molar-refractivity contribution in [3.63, 3.8) is 0 Å². The summed E-state index contributed by atoms with van der Waals surface area (Å²) >= 11 is 0. The first-order valence-electron chi connectivity index (χ1n) is 20.7. The van der Waals surface area contributed by atoms with Crippen LogP contribution in [0.2, 0.25) is 0 Å². The Hall–Kier alpha value is -6.12. The normalized spacial score (nSPS) is 22.2. The summed E-state index contributed by atoms with van der Waals surface area (Å²) in [5, 5.41) is 69.8. The third kappa shape index (κ3) is 18.7. The van der Waals surface area contributed by atoms with Gasteiger partial charge in [0.05, 0.1) is 37.4 Å². The van der Waals surface area contributed by atoms with E-state index in [9.17, 15) is 59.4 Å². The molecular formula is C38H64N10O16. The fourth-order valence-corrected chi connectivity index (χ4v) is 6.91. The number of carbonyl (C=O) groups is 6. The summed E-state index contributed by atoms with van der Waals surface area (Å²) in [5.74, 6) is -6.34. The van der Waals surface area contributed by atoms with Crippen molar-refractivity contribution in [2.24, 2.45) is 32.9 Å². The van der Waals surface area contributed by atoms with E-state index in [0.29, 0.717) is 12.8 Å². The molecule has 0 radical (unpaired) electrons. The maximum Gasteiger partial charge on any atom is 0.407 e. The number of unbranched alkanes of at least 4 members (excludes halogenated alkanes) is 9. The van der Waals surface area contributed by atoms with Crippen LogP contribution < -0.4 is 44.2 Å². The first kappa shape index (κ1) is 54.0. The third-order valence-electron chi connectivity index (χ3n) is 9.78. The molecule has 2 aliphatic heterocycles. The molecule has 0 aliphatic carbocycles. The maximum absolute atomic E-state index is 12.7. The Balaban J connectivity index is 1.74. The van der Waals surface area contributed by atoms with Gasteiger partial charge in [0.25, 0.3) is 0 Å². The summed E-state index contributed by atoms with van der Waals surface area (Å²) in [6, 6.07) is -4.77. The summed E-state index contributed by atoms with van der Waals surface area (Å²) in [4.78, 5) is 81.0. The van der Waals surface area contributed by atoms with Gasteiger partial charge in [0.1, 0.15) is 12.2 Å². The van der Waals surface area contributed by atoms with Crippen LogP contribution in [0, 0.1) is 0 Å². The predicted octanol–water partition coefficient (Wildman–Crippen LogP) is -3.19. The summed E-state index contributed by atoms with van der Waals surface area (Å²) < 4.78 is 21.8. The number of nitrogens with one attached hydrogen (secondary N) is 4. The SMILES string of the molecule is CC(=O)N[C@H]1[C@H]([C@H](OC(=O)NCCCCCCCCCCCCNC(=O)O[C@@H]([C@@H]2OC(C(=O)O)=C[C@H](N=C(N)N)[C@H]2NC(C)=O)[C@H](O)CO)[C@H](O)CO)OC(C(=O)O)=C[C@@H]1N=C(N)N. The number of amides is 4. The van der Waals surface area contributed by atoms with Crippen molar-refractivity contribution in [3.05, 3.63) is 23.7 Å². The fraction of sp³-hybridized carbons (Fsp3) is 0.684. The van der Waals surface area contributed by atoms with Gasteiger partial charge < -0.3 is 93.8 Å². The number of hydrogen-bond donors (Lipinski definition) is 14. The number of aliphatic hydroxyl groups excluding tert-OH is 4. The number of aliphatic carboxylic acids is 2. The molecule has 0 unspecified atom stereocenters. The second-order valence-electron chi connectivity index (χ2n) is 15.0. The van der Waals surface area contributed by atoms with Gasteiger partial charge in [0.2, 0.25) is 23.3 Å². The number of carboxylic acid groups (broad SMARTS) is 2. The molecule has 2 rings (SSSR count). The summed E-state index contributed by atoms with van der Waals surface area (Å²) in [7, 11) is 0. The molecule has 362 valence electrons. The van der Waals surface area contributed by atoms with Crippen LogP contribution in [0.5, 0.6) is 0 Å². The Morgan fingerprint density at radius 1 is 0.609 bits per heavy atom. The first-order chi connectivity index (χ1) is 30.3. The van der Waals surface area contributed by atoms with Crippen LogP contribution in [0.4, 0.5) is 9.59 Å². The van der Waals surface area contributed by atoms with Gasteiger partial charge in [0, 0.05) is 26.9 Å². The summed E-state index contributed by atoms with van der Waals surface area (Å²) in [5.41, 5.74) is 22.0. The largest absolute Gasteiger partial charge is 0.477 e. The third-order valence-corrected chi connectivity index (χ3v) is 9.78. The maximum atomic E-state index is 12.7. The molecule has 64 heavy (non-hydrogen) atoms. The average molecular weight is 917 g/mol. The minimum atomic E-state index is -1.74. The number of rotatable bonds is 27. The van der Waals surface area contributed by atoms with E-state index >= 15 is 0 Å². The first-order valence-corrected chi connectivity index (χ1v) is 20.7. The molecule has 0 saturated heterocycles. The molecule has 2 aliphatic rings. The van der Waals surface area contributed by atoms with E-state index in [1.807, 2.05) is 0 Å². The molecule has 0 aromatic rings. The zero-order valence-corrected chi connectivity index (χ0v) is 35.8. The van der Waals surface area contributed by atoms with Crippen molar-refractivity contribution in [1.82, 2.24) is 21.3 Å². The van der Waals surface area contributed by atoms with Crippen LogP contribution in [0.3, 0.4) is 0 Å². The smallest absolute Gasteiger partial charge is 0.407 e. The Morgan fingerprint density at radius 2 is 0.922 bits per heavy atom. The van der Waals surface area contributed by atoms with Crippen molar-refractivity contribution >= 4 is 47.9 Å². The number of aliphatic imine (C=N–C) groups is 2. The number of nitrogens with two attached hydrogens (primary N) is 4. The Labute approximate surface area is 368 Å². The van der Waals surface area contributed by atoms with E-state index in [0.717, 1.165) is 63.5 Å². The second-order valence-corrected chi connectivity index (χ2v) is 15.0.